The number of pyridine rings is 1. The van der Waals surface area contributed by atoms with Crippen LogP contribution < -0.4 is 5.32 Å². The number of esters is 1. The molecule has 1 aromatic carbocycles. The van der Waals surface area contributed by atoms with Crippen molar-refractivity contribution < 1.29 is 13.9 Å². The van der Waals surface area contributed by atoms with Crippen LogP contribution in [0.3, 0.4) is 0 Å². The number of benzene rings is 1. The molecule has 2 aromatic heterocycles. The van der Waals surface area contributed by atoms with Crippen LogP contribution >= 0.6 is 12.2 Å². The number of carbonyl (C=O) groups excluding carboxylic acids is 1. The van der Waals surface area contributed by atoms with Crippen molar-refractivity contribution in [2.45, 2.75) is 19.0 Å². The molecule has 0 radical (unpaired) electrons. The monoisotopic (exact) mass is 407 g/mol. The highest BCUT2D eigenvalue weighted by molar-refractivity contribution is 7.80. The van der Waals surface area contributed by atoms with Gasteiger partial charge in [-0.25, -0.2) is 4.79 Å². The Morgan fingerprint density at radius 1 is 1.21 bits per heavy atom. The van der Waals surface area contributed by atoms with Crippen LogP contribution in [0, 0.1) is 0 Å². The lowest BCUT2D eigenvalue weighted by atomic mass is 10.0. The van der Waals surface area contributed by atoms with E-state index >= 15 is 0 Å². The summed E-state index contributed by atoms with van der Waals surface area (Å²) in [6.45, 7) is 2.78. The topological polar surface area (TPSA) is 67.6 Å². The first-order valence-electron chi connectivity index (χ1n) is 9.39. The molecular weight excluding hydrogens is 386 g/mol. The molecule has 2 unspecified atom stereocenters. The van der Waals surface area contributed by atoms with Crippen LogP contribution in [0.15, 0.2) is 65.2 Å². The summed E-state index contributed by atoms with van der Waals surface area (Å²) in [4.78, 5) is 18.7. The fourth-order valence-electron chi connectivity index (χ4n) is 3.70. The zero-order chi connectivity index (χ0) is 20.4. The van der Waals surface area contributed by atoms with Gasteiger partial charge in [0.15, 0.2) is 5.11 Å². The zero-order valence-corrected chi connectivity index (χ0v) is 17.0. The largest absolute Gasteiger partial charge is 0.465 e. The third-order valence-corrected chi connectivity index (χ3v) is 5.41. The highest BCUT2D eigenvalue weighted by Gasteiger charge is 2.41. The van der Waals surface area contributed by atoms with Crippen molar-refractivity contribution in [1.29, 1.82) is 0 Å². The van der Waals surface area contributed by atoms with Crippen molar-refractivity contribution in [1.82, 2.24) is 15.2 Å². The molecule has 1 aliphatic heterocycles. The summed E-state index contributed by atoms with van der Waals surface area (Å²) in [5.74, 6) is 0.961. The molecule has 1 fully saturated rings. The van der Waals surface area contributed by atoms with Gasteiger partial charge in [-0.2, -0.15) is 0 Å². The number of hydrogen-bond donors (Lipinski definition) is 1. The highest BCUT2D eigenvalue weighted by Crippen LogP contribution is 2.40. The van der Waals surface area contributed by atoms with Crippen LogP contribution in [0.2, 0.25) is 0 Å². The number of nitrogens with one attached hydrogen (secondary N) is 1. The van der Waals surface area contributed by atoms with E-state index in [0.29, 0.717) is 22.0 Å². The minimum atomic E-state index is -0.399. The first kappa shape index (κ1) is 19.1. The lowest BCUT2D eigenvalue weighted by molar-refractivity contribution is 0.0601. The van der Waals surface area contributed by atoms with E-state index in [9.17, 15) is 4.79 Å². The predicted molar refractivity (Wildman–Crippen MR) is 113 cm³/mol. The number of carbonyl (C=O) groups is 1. The summed E-state index contributed by atoms with van der Waals surface area (Å²) in [6, 6.07) is 16.6. The minimum absolute atomic E-state index is 0.126. The second kappa shape index (κ2) is 8.05. The molecule has 1 N–H and O–H groups in total. The molecule has 1 saturated heterocycles. The summed E-state index contributed by atoms with van der Waals surface area (Å²) in [7, 11) is 1.37. The number of methoxy groups -OCH3 is 1. The van der Waals surface area contributed by atoms with E-state index in [4.69, 9.17) is 21.4 Å². The molecular formula is C22H21N3O3S. The molecule has 0 aliphatic carbocycles. The third-order valence-electron chi connectivity index (χ3n) is 5.05. The fraction of sp³-hybridized carbons (Fsp3) is 0.227. The van der Waals surface area contributed by atoms with E-state index in [1.165, 1.54) is 7.11 Å². The third kappa shape index (κ3) is 3.49. The quantitative estimate of drug-likeness (QED) is 0.504. The number of aromatic nitrogens is 1. The lowest BCUT2D eigenvalue weighted by Crippen LogP contribution is -2.29. The second-order valence-electron chi connectivity index (χ2n) is 6.65. The molecule has 148 valence electrons. The van der Waals surface area contributed by atoms with Crippen molar-refractivity contribution in [3.05, 3.63) is 77.8 Å². The average Bonchev–Trinajstić information content (AvgIpc) is 3.38. The number of rotatable bonds is 5. The van der Waals surface area contributed by atoms with Gasteiger partial charge in [-0.05, 0) is 49.5 Å². The van der Waals surface area contributed by atoms with E-state index in [1.807, 2.05) is 42.5 Å². The van der Waals surface area contributed by atoms with Gasteiger partial charge >= 0.3 is 5.97 Å². The van der Waals surface area contributed by atoms with Gasteiger partial charge in [-0.15, -0.1) is 0 Å². The van der Waals surface area contributed by atoms with Gasteiger partial charge in [-0.3, -0.25) is 4.98 Å². The van der Waals surface area contributed by atoms with E-state index in [1.54, 1.807) is 18.3 Å². The molecule has 3 heterocycles. The van der Waals surface area contributed by atoms with Gasteiger partial charge < -0.3 is 19.4 Å². The van der Waals surface area contributed by atoms with Crippen molar-refractivity contribution in [3.8, 4) is 11.3 Å². The fourth-order valence-corrected chi connectivity index (χ4v) is 4.07. The molecule has 0 saturated carbocycles. The maximum absolute atomic E-state index is 12.1. The molecule has 6 nitrogen and oxygen atoms in total. The Kier molecular flexibility index (Phi) is 5.31. The number of ether oxygens (including phenoxy) is 1. The molecule has 0 bridgehead atoms. The van der Waals surface area contributed by atoms with Gasteiger partial charge in [0, 0.05) is 18.3 Å². The number of likely N-dealkylation sites (N-methyl/N-ethyl adjacent to an activating group) is 1. The standard InChI is InChI=1S/C22H21N3O3S/c1-3-25-20(19(24-22(25)29)16-10-6-7-13-23-16)18-12-11-17(28-18)14-8-4-5-9-15(14)21(26)27-2/h4-13,19-20H,3H2,1-2H3,(H,24,29). The van der Waals surface area contributed by atoms with Gasteiger partial charge in [0.25, 0.3) is 0 Å². The van der Waals surface area contributed by atoms with Gasteiger partial charge in [-0.1, -0.05) is 24.3 Å². The van der Waals surface area contributed by atoms with Gasteiger partial charge in [0.1, 0.15) is 17.6 Å². The summed E-state index contributed by atoms with van der Waals surface area (Å²) >= 11 is 5.55. The molecule has 3 aromatic rings. The van der Waals surface area contributed by atoms with Crippen LogP contribution in [-0.4, -0.2) is 34.6 Å². The second-order valence-corrected chi connectivity index (χ2v) is 7.04. The highest BCUT2D eigenvalue weighted by atomic mass is 32.1. The summed E-state index contributed by atoms with van der Waals surface area (Å²) in [5, 5.41) is 4.04. The van der Waals surface area contributed by atoms with Crippen LogP contribution in [-0.2, 0) is 4.74 Å². The van der Waals surface area contributed by atoms with Crippen molar-refractivity contribution >= 4 is 23.3 Å². The van der Waals surface area contributed by atoms with Crippen molar-refractivity contribution in [2.24, 2.45) is 0 Å². The minimum Gasteiger partial charge on any atom is -0.465 e. The first-order chi connectivity index (χ1) is 14.1. The number of hydrogen-bond acceptors (Lipinski definition) is 5. The van der Waals surface area contributed by atoms with E-state index in [0.717, 1.165) is 18.0 Å². The van der Waals surface area contributed by atoms with Crippen LogP contribution in [0.5, 0.6) is 0 Å². The number of furan rings is 1. The van der Waals surface area contributed by atoms with E-state index in [-0.39, 0.29) is 12.1 Å². The number of thiocarbonyl (C=S) groups is 1. The Bertz CT molecular complexity index is 1030. The molecule has 4 rings (SSSR count). The maximum Gasteiger partial charge on any atom is 0.338 e. The lowest BCUT2D eigenvalue weighted by Gasteiger charge is -2.24. The maximum atomic E-state index is 12.1. The average molecular weight is 407 g/mol. The van der Waals surface area contributed by atoms with E-state index in [2.05, 4.69) is 22.1 Å². The summed E-state index contributed by atoms with van der Waals surface area (Å²) in [5.41, 5.74) is 2.05. The van der Waals surface area contributed by atoms with Crippen LogP contribution in [0.1, 0.15) is 40.8 Å². The smallest absolute Gasteiger partial charge is 0.338 e. The molecule has 29 heavy (non-hydrogen) atoms. The Balaban J connectivity index is 1.74. The van der Waals surface area contributed by atoms with Crippen LogP contribution in [0.4, 0.5) is 0 Å². The molecule has 0 spiro atoms. The predicted octanol–water partition coefficient (Wildman–Crippen LogP) is 4.12. The summed E-state index contributed by atoms with van der Waals surface area (Å²) < 4.78 is 11.1. The van der Waals surface area contributed by atoms with Crippen molar-refractivity contribution in [2.75, 3.05) is 13.7 Å². The SMILES string of the molecule is CCN1C(=S)NC(c2ccccn2)C1c1ccc(-c2ccccc2C(=O)OC)o1. The Morgan fingerprint density at radius 2 is 2.00 bits per heavy atom. The molecule has 2 atom stereocenters. The van der Waals surface area contributed by atoms with Crippen LogP contribution in [0.25, 0.3) is 11.3 Å². The van der Waals surface area contributed by atoms with Gasteiger partial charge in [0.05, 0.1) is 24.4 Å². The van der Waals surface area contributed by atoms with E-state index < -0.39 is 5.97 Å². The molecule has 1 aliphatic rings. The Hall–Kier alpha value is -3.19. The normalized spacial score (nSPS) is 18.6. The number of nitrogens with zero attached hydrogens (tertiary/aromatic N) is 2. The first-order valence-corrected chi connectivity index (χ1v) is 9.80. The Morgan fingerprint density at radius 3 is 2.72 bits per heavy atom. The Labute approximate surface area is 174 Å². The molecule has 7 heteroatoms. The van der Waals surface area contributed by atoms with Gasteiger partial charge in [0.2, 0.25) is 0 Å². The summed E-state index contributed by atoms with van der Waals surface area (Å²) in [6.07, 6.45) is 1.77. The molecule has 0 amide bonds. The zero-order valence-electron chi connectivity index (χ0n) is 16.2. The van der Waals surface area contributed by atoms with Crippen molar-refractivity contribution in [3.63, 3.8) is 0 Å².